The van der Waals surface area contributed by atoms with Gasteiger partial charge in [0.1, 0.15) is 5.75 Å². The van der Waals surface area contributed by atoms with Crippen LogP contribution in [0.5, 0.6) is 5.75 Å². The van der Waals surface area contributed by atoms with E-state index in [2.05, 4.69) is 6.92 Å². The monoisotopic (exact) mass is 207 g/mol. The average Bonchev–Trinajstić information content (AvgIpc) is 2.23. The molecule has 0 radical (unpaired) electrons. The maximum absolute atomic E-state index is 5.73. The molecule has 0 saturated carbocycles. The Morgan fingerprint density at radius 3 is 2.67 bits per heavy atom. The highest BCUT2D eigenvalue weighted by Crippen LogP contribution is 2.18. The number of nitrogens with two attached hydrogens (primary N) is 1. The van der Waals surface area contributed by atoms with Gasteiger partial charge in [0.05, 0.1) is 6.61 Å². The first kappa shape index (κ1) is 11.9. The Morgan fingerprint density at radius 1 is 1.20 bits per heavy atom. The molecule has 0 aromatic heterocycles. The summed E-state index contributed by atoms with van der Waals surface area (Å²) in [4.78, 5) is 0. The zero-order valence-electron chi connectivity index (χ0n) is 9.75. The van der Waals surface area contributed by atoms with Crippen molar-refractivity contribution < 1.29 is 4.74 Å². The lowest BCUT2D eigenvalue weighted by Gasteiger charge is -2.07. The van der Waals surface area contributed by atoms with Crippen molar-refractivity contribution in [3.05, 3.63) is 23.8 Å². The van der Waals surface area contributed by atoms with Gasteiger partial charge in [-0.15, -0.1) is 0 Å². The molecule has 0 heterocycles. The highest BCUT2D eigenvalue weighted by atomic mass is 16.5. The summed E-state index contributed by atoms with van der Waals surface area (Å²) < 4.78 is 5.63. The molecule has 0 saturated heterocycles. The SMILES string of the molecule is CCCCCCOc1ccc(N)c(C)c1. The molecule has 2 nitrogen and oxygen atoms in total. The van der Waals surface area contributed by atoms with Gasteiger partial charge in [-0.3, -0.25) is 0 Å². The van der Waals surface area contributed by atoms with Crippen LogP contribution < -0.4 is 10.5 Å². The number of rotatable bonds is 6. The maximum atomic E-state index is 5.73. The quantitative estimate of drug-likeness (QED) is 0.572. The Hall–Kier alpha value is -1.18. The molecule has 0 unspecified atom stereocenters. The van der Waals surface area contributed by atoms with Crippen LogP contribution in [-0.4, -0.2) is 6.61 Å². The molecule has 1 aromatic rings. The van der Waals surface area contributed by atoms with Gasteiger partial charge >= 0.3 is 0 Å². The topological polar surface area (TPSA) is 35.2 Å². The summed E-state index contributed by atoms with van der Waals surface area (Å²) in [6.45, 7) is 5.02. The summed E-state index contributed by atoms with van der Waals surface area (Å²) in [7, 11) is 0. The number of hydrogen-bond donors (Lipinski definition) is 1. The van der Waals surface area contributed by atoms with E-state index < -0.39 is 0 Å². The van der Waals surface area contributed by atoms with Crippen molar-refractivity contribution in [2.75, 3.05) is 12.3 Å². The fourth-order valence-electron chi connectivity index (χ4n) is 1.46. The molecule has 1 aromatic carbocycles. The molecule has 2 heteroatoms. The predicted octanol–water partition coefficient (Wildman–Crippen LogP) is 3.54. The summed E-state index contributed by atoms with van der Waals surface area (Å²) in [5.41, 5.74) is 7.64. The van der Waals surface area contributed by atoms with Gasteiger partial charge in [-0.25, -0.2) is 0 Å². The molecule has 0 fully saturated rings. The van der Waals surface area contributed by atoms with Crippen molar-refractivity contribution in [3.63, 3.8) is 0 Å². The van der Waals surface area contributed by atoms with Crippen molar-refractivity contribution in [1.29, 1.82) is 0 Å². The van der Waals surface area contributed by atoms with Crippen molar-refractivity contribution in [2.24, 2.45) is 0 Å². The standard InChI is InChI=1S/C13H21NO/c1-3-4-5-6-9-15-12-7-8-13(14)11(2)10-12/h7-8,10H,3-6,9,14H2,1-2H3. The molecule has 0 amide bonds. The van der Waals surface area contributed by atoms with E-state index in [9.17, 15) is 0 Å². The summed E-state index contributed by atoms with van der Waals surface area (Å²) in [5, 5.41) is 0. The summed E-state index contributed by atoms with van der Waals surface area (Å²) in [6.07, 6.45) is 4.95. The summed E-state index contributed by atoms with van der Waals surface area (Å²) in [5.74, 6) is 0.929. The number of anilines is 1. The average molecular weight is 207 g/mol. The second kappa shape index (κ2) is 6.33. The van der Waals surface area contributed by atoms with Crippen LogP contribution in [-0.2, 0) is 0 Å². The van der Waals surface area contributed by atoms with Crippen LogP contribution in [0.4, 0.5) is 5.69 Å². The Bertz CT molecular complexity index is 297. The number of nitrogen functional groups attached to an aromatic ring is 1. The van der Waals surface area contributed by atoms with Gasteiger partial charge in [-0.1, -0.05) is 26.2 Å². The Morgan fingerprint density at radius 2 is 2.00 bits per heavy atom. The van der Waals surface area contributed by atoms with Crippen LogP contribution in [0.15, 0.2) is 18.2 Å². The van der Waals surface area contributed by atoms with E-state index >= 15 is 0 Å². The van der Waals surface area contributed by atoms with Gasteiger partial charge in [0.2, 0.25) is 0 Å². The molecular formula is C13H21NO. The molecule has 84 valence electrons. The number of unbranched alkanes of at least 4 members (excludes halogenated alkanes) is 3. The van der Waals surface area contributed by atoms with Gasteiger partial charge in [0.25, 0.3) is 0 Å². The van der Waals surface area contributed by atoms with E-state index in [1.165, 1.54) is 19.3 Å². The molecule has 0 aliphatic heterocycles. The van der Waals surface area contributed by atoms with E-state index in [-0.39, 0.29) is 0 Å². The number of hydrogen-bond acceptors (Lipinski definition) is 2. The smallest absolute Gasteiger partial charge is 0.119 e. The van der Waals surface area contributed by atoms with Crippen molar-refractivity contribution in [2.45, 2.75) is 39.5 Å². The summed E-state index contributed by atoms with van der Waals surface area (Å²) in [6, 6.07) is 5.83. The summed E-state index contributed by atoms with van der Waals surface area (Å²) >= 11 is 0. The highest BCUT2D eigenvalue weighted by Gasteiger charge is 1.97. The first-order valence-electron chi connectivity index (χ1n) is 5.73. The molecule has 0 aliphatic rings. The Labute approximate surface area is 92.4 Å². The van der Waals surface area contributed by atoms with E-state index in [0.717, 1.165) is 30.0 Å². The third kappa shape index (κ3) is 4.24. The third-order valence-corrected chi connectivity index (χ3v) is 2.51. The second-order valence-corrected chi connectivity index (χ2v) is 3.93. The van der Waals surface area contributed by atoms with Crippen molar-refractivity contribution in [1.82, 2.24) is 0 Å². The molecule has 1 rings (SSSR count). The maximum Gasteiger partial charge on any atom is 0.119 e. The molecule has 2 N–H and O–H groups in total. The highest BCUT2D eigenvalue weighted by molar-refractivity contribution is 5.49. The molecule has 0 atom stereocenters. The fraction of sp³-hybridized carbons (Fsp3) is 0.538. The lowest BCUT2D eigenvalue weighted by Crippen LogP contribution is -1.98. The zero-order chi connectivity index (χ0) is 11.1. The number of ether oxygens (including phenoxy) is 1. The zero-order valence-corrected chi connectivity index (χ0v) is 9.75. The van der Waals surface area contributed by atoms with Gasteiger partial charge in [-0.2, -0.15) is 0 Å². The first-order chi connectivity index (χ1) is 7.24. The van der Waals surface area contributed by atoms with Gasteiger partial charge in [-0.05, 0) is 37.1 Å². The Kier molecular flexibility index (Phi) is 5.02. The van der Waals surface area contributed by atoms with Gasteiger partial charge in [0, 0.05) is 5.69 Å². The lowest BCUT2D eigenvalue weighted by molar-refractivity contribution is 0.305. The van der Waals surface area contributed by atoms with E-state index in [0.29, 0.717) is 0 Å². The molecule has 15 heavy (non-hydrogen) atoms. The van der Waals surface area contributed by atoms with Crippen LogP contribution >= 0.6 is 0 Å². The minimum absolute atomic E-state index is 0.809. The molecule has 0 bridgehead atoms. The fourth-order valence-corrected chi connectivity index (χ4v) is 1.46. The third-order valence-electron chi connectivity index (χ3n) is 2.51. The largest absolute Gasteiger partial charge is 0.494 e. The predicted molar refractivity (Wildman–Crippen MR) is 65.2 cm³/mol. The second-order valence-electron chi connectivity index (χ2n) is 3.93. The minimum atomic E-state index is 0.809. The minimum Gasteiger partial charge on any atom is -0.494 e. The molecule has 0 aliphatic carbocycles. The van der Waals surface area contributed by atoms with E-state index in [1.54, 1.807) is 0 Å². The lowest BCUT2D eigenvalue weighted by atomic mass is 10.2. The van der Waals surface area contributed by atoms with Crippen molar-refractivity contribution in [3.8, 4) is 5.75 Å². The van der Waals surface area contributed by atoms with E-state index in [1.807, 2.05) is 25.1 Å². The number of aryl methyl sites for hydroxylation is 1. The van der Waals surface area contributed by atoms with E-state index in [4.69, 9.17) is 10.5 Å². The van der Waals surface area contributed by atoms with Crippen LogP contribution in [0.2, 0.25) is 0 Å². The van der Waals surface area contributed by atoms with Crippen LogP contribution in [0.25, 0.3) is 0 Å². The first-order valence-corrected chi connectivity index (χ1v) is 5.73. The molecular weight excluding hydrogens is 186 g/mol. The van der Waals surface area contributed by atoms with Crippen LogP contribution in [0, 0.1) is 6.92 Å². The van der Waals surface area contributed by atoms with Gasteiger partial charge < -0.3 is 10.5 Å². The Balaban J connectivity index is 2.28. The normalized spacial score (nSPS) is 10.3. The molecule has 0 spiro atoms. The van der Waals surface area contributed by atoms with Gasteiger partial charge in [0.15, 0.2) is 0 Å². The van der Waals surface area contributed by atoms with Crippen molar-refractivity contribution >= 4 is 5.69 Å². The van der Waals surface area contributed by atoms with Crippen LogP contribution in [0.1, 0.15) is 38.2 Å². The van der Waals surface area contributed by atoms with Crippen LogP contribution in [0.3, 0.4) is 0 Å². The number of benzene rings is 1.